The van der Waals surface area contributed by atoms with Gasteiger partial charge in [-0.15, -0.1) is 0 Å². The Morgan fingerprint density at radius 3 is 2.94 bits per heavy atom. The summed E-state index contributed by atoms with van der Waals surface area (Å²) in [5.74, 6) is 0. The van der Waals surface area contributed by atoms with Crippen molar-refractivity contribution in [1.82, 2.24) is 5.32 Å². The Balaban J connectivity index is 2.39. The van der Waals surface area contributed by atoms with Crippen LogP contribution in [0.2, 0.25) is 0 Å². The number of benzene rings is 1. The van der Waals surface area contributed by atoms with E-state index in [4.69, 9.17) is 0 Å². The Hall–Kier alpha value is -0.860. The average Bonchev–Trinajstić information content (AvgIpc) is 2.30. The summed E-state index contributed by atoms with van der Waals surface area (Å²) in [4.78, 5) is 0. The van der Waals surface area contributed by atoms with Crippen molar-refractivity contribution in [3.63, 3.8) is 0 Å². The van der Waals surface area contributed by atoms with Gasteiger partial charge in [0.25, 0.3) is 0 Å². The van der Waals surface area contributed by atoms with E-state index in [2.05, 4.69) is 36.5 Å². The highest BCUT2D eigenvalue weighted by Crippen LogP contribution is 2.37. The van der Waals surface area contributed by atoms with E-state index in [0.717, 1.165) is 19.4 Å². The van der Waals surface area contributed by atoms with E-state index in [0.29, 0.717) is 0 Å². The van der Waals surface area contributed by atoms with E-state index in [1.807, 2.05) is 0 Å². The molecule has 2 rings (SSSR count). The van der Waals surface area contributed by atoms with Gasteiger partial charge in [-0.1, -0.05) is 31.2 Å². The third kappa shape index (κ3) is 2.00. The lowest BCUT2D eigenvalue weighted by molar-refractivity contribution is 0.192. The zero-order valence-corrected chi connectivity index (χ0v) is 10.00. The topological polar surface area (TPSA) is 32.3 Å². The second kappa shape index (κ2) is 4.98. The molecule has 0 saturated carbocycles. The van der Waals surface area contributed by atoms with E-state index in [-0.39, 0.29) is 12.1 Å². The Morgan fingerprint density at radius 1 is 1.38 bits per heavy atom. The second-order valence-electron chi connectivity index (χ2n) is 4.60. The van der Waals surface area contributed by atoms with Crippen LogP contribution >= 0.6 is 0 Å². The smallest absolute Gasteiger partial charge is 0.0459 e. The van der Waals surface area contributed by atoms with Crippen LogP contribution in [-0.2, 0) is 12.0 Å². The molecule has 1 aliphatic rings. The molecular weight excluding hydrogens is 198 g/mol. The second-order valence-corrected chi connectivity index (χ2v) is 4.60. The molecule has 0 radical (unpaired) electrons. The van der Waals surface area contributed by atoms with Gasteiger partial charge in [0, 0.05) is 12.1 Å². The predicted molar refractivity (Wildman–Crippen MR) is 66.4 cm³/mol. The molecule has 0 aliphatic heterocycles. The van der Waals surface area contributed by atoms with Crippen molar-refractivity contribution in [2.45, 2.75) is 38.1 Å². The number of rotatable bonds is 4. The van der Waals surface area contributed by atoms with E-state index in [1.165, 1.54) is 24.0 Å². The molecule has 2 N–H and O–H groups in total. The fraction of sp³-hybridized carbons (Fsp3) is 0.571. The largest absolute Gasteiger partial charge is 0.396 e. The number of nitrogens with one attached hydrogen (secondary N) is 1. The Bertz CT molecular complexity index is 342. The minimum absolute atomic E-state index is 0.0122. The molecule has 2 nitrogen and oxygen atoms in total. The van der Waals surface area contributed by atoms with Crippen LogP contribution in [0.4, 0.5) is 0 Å². The van der Waals surface area contributed by atoms with Crippen LogP contribution < -0.4 is 5.32 Å². The summed E-state index contributed by atoms with van der Waals surface area (Å²) in [6.45, 7) is 3.34. The highest BCUT2D eigenvalue weighted by molar-refractivity contribution is 5.36. The molecule has 1 aliphatic carbocycles. The monoisotopic (exact) mass is 219 g/mol. The lowest BCUT2D eigenvalue weighted by Gasteiger charge is -2.40. The summed E-state index contributed by atoms with van der Waals surface area (Å²) in [6.07, 6.45) is 4.34. The first-order chi connectivity index (χ1) is 7.82. The minimum Gasteiger partial charge on any atom is -0.396 e. The van der Waals surface area contributed by atoms with E-state index >= 15 is 0 Å². The summed E-state index contributed by atoms with van der Waals surface area (Å²) < 4.78 is 0. The lowest BCUT2D eigenvalue weighted by atomic mass is 9.74. The van der Waals surface area contributed by atoms with Crippen molar-refractivity contribution < 1.29 is 5.11 Å². The molecule has 88 valence electrons. The van der Waals surface area contributed by atoms with Gasteiger partial charge in [-0.25, -0.2) is 0 Å². The predicted octanol–water partition coefficient (Wildman–Crippen LogP) is 2.21. The summed E-state index contributed by atoms with van der Waals surface area (Å²) in [5, 5.41) is 12.9. The van der Waals surface area contributed by atoms with Gasteiger partial charge in [0.15, 0.2) is 0 Å². The van der Waals surface area contributed by atoms with Crippen LogP contribution in [0.3, 0.4) is 0 Å². The first-order valence-corrected chi connectivity index (χ1v) is 6.26. The first kappa shape index (κ1) is 11.6. The van der Waals surface area contributed by atoms with Gasteiger partial charge in [0.05, 0.1) is 0 Å². The molecule has 0 fully saturated rings. The van der Waals surface area contributed by atoms with Crippen LogP contribution in [0.5, 0.6) is 0 Å². The van der Waals surface area contributed by atoms with Crippen molar-refractivity contribution in [3.8, 4) is 0 Å². The number of hydrogen-bond donors (Lipinski definition) is 2. The van der Waals surface area contributed by atoms with Crippen LogP contribution in [0, 0.1) is 0 Å². The first-order valence-electron chi connectivity index (χ1n) is 6.26. The van der Waals surface area contributed by atoms with Gasteiger partial charge in [-0.3, -0.25) is 0 Å². The van der Waals surface area contributed by atoms with Crippen molar-refractivity contribution in [3.05, 3.63) is 35.4 Å². The van der Waals surface area contributed by atoms with Gasteiger partial charge >= 0.3 is 0 Å². The standard InChI is InChI=1S/C14H21NO/c1-2-15-14(10-11-16)9-5-7-12-6-3-4-8-13(12)14/h3-4,6,8,15-16H,2,5,7,9-11H2,1H3. The SMILES string of the molecule is CCNC1(CCO)CCCc2ccccc21. The molecule has 1 aromatic rings. The maximum Gasteiger partial charge on any atom is 0.0459 e. The van der Waals surface area contributed by atoms with E-state index in [9.17, 15) is 5.11 Å². The molecule has 0 spiro atoms. The molecule has 1 atom stereocenters. The summed E-state index contributed by atoms with van der Waals surface area (Å²) in [5.41, 5.74) is 2.86. The zero-order chi connectivity index (χ0) is 11.4. The summed E-state index contributed by atoms with van der Waals surface area (Å²) >= 11 is 0. The van der Waals surface area contributed by atoms with Crippen molar-refractivity contribution in [1.29, 1.82) is 0 Å². The molecule has 1 unspecified atom stereocenters. The molecule has 2 heteroatoms. The number of hydrogen-bond acceptors (Lipinski definition) is 2. The van der Waals surface area contributed by atoms with E-state index in [1.54, 1.807) is 0 Å². The van der Waals surface area contributed by atoms with Crippen LogP contribution in [0.25, 0.3) is 0 Å². The Kier molecular flexibility index (Phi) is 3.62. The molecule has 0 bridgehead atoms. The molecule has 1 aromatic carbocycles. The third-order valence-electron chi connectivity index (χ3n) is 3.64. The number of aliphatic hydroxyl groups is 1. The van der Waals surface area contributed by atoms with Crippen molar-refractivity contribution in [2.75, 3.05) is 13.2 Å². The molecule has 0 aromatic heterocycles. The zero-order valence-electron chi connectivity index (χ0n) is 10.00. The third-order valence-corrected chi connectivity index (χ3v) is 3.64. The quantitative estimate of drug-likeness (QED) is 0.813. The fourth-order valence-electron chi connectivity index (χ4n) is 2.98. The van der Waals surface area contributed by atoms with Gasteiger partial charge in [-0.2, -0.15) is 0 Å². The molecule has 0 heterocycles. The van der Waals surface area contributed by atoms with Gasteiger partial charge in [-0.05, 0) is 43.4 Å². The summed E-state index contributed by atoms with van der Waals surface area (Å²) in [7, 11) is 0. The average molecular weight is 219 g/mol. The van der Waals surface area contributed by atoms with Gasteiger partial charge in [0.2, 0.25) is 0 Å². The van der Waals surface area contributed by atoms with Crippen molar-refractivity contribution in [2.24, 2.45) is 0 Å². The maximum atomic E-state index is 9.30. The highest BCUT2D eigenvalue weighted by Gasteiger charge is 2.34. The highest BCUT2D eigenvalue weighted by atomic mass is 16.3. The Labute approximate surface area is 97.7 Å². The van der Waals surface area contributed by atoms with Crippen LogP contribution in [0.1, 0.15) is 37.3 Å². The van der Waals surface area contributed by atoms with Crippen LogP contribution in [0.15, 0.2) is 24.3 Å². The molecule has 0 amide bonds. The van der Waals surface area contributed by atoms with Gasteiger partial charge in [0.1, 0.15) is 0 Å². The molecule has 0 saturated heterocycles. The number of fused-ring (bicyclic) bond motifs is 1. The van der Waals surface area contributed by atoms with Crippen LogP contribution in [-0.4, -0.2) is 18.3 Å². The van der Waals surface area contributed by atoms with Gasteiger partial charge < -0.3 is 10.4 Å². The maximum absolute atomic E-state index is 9.30. The normalized spacial score (nSPS) is 24.1. The summed E-state index contributed by atoms with van der Waals surface area (Å²) in [6, 6.07) is 8.65. The number of aliphatic hydroxyl groups excluding tert-OH is 1. The lowest BCUT2D eigenvalue weighted by Crippen LogP contribution is -2.45. The Morgan fingerprint density at radius 2 is 2.19 bits per heavy atom. The molecular formula is C14H21NO. The van der Waals surface area contributed by atoms with E-state index < -0.39 is 0 Å². The molecule has 16 heavy (non-hydrogen) atoms. The number of aryl methyl sites for hydroxylation is 1. The minimum atomic E-state index is 0.0122. The van der Waals surface area contributed by atoms with Crippen molar-refractivity contribution >= 4 is 0 Å². The fourth-order valence-corrected chi connectivity index (χ4v) is 2.98.